The second kappa shape index (κ2) is 9.67. The maximum atomic E-state index is 5.85. The summed E-state index contributed by atoms with van der Waals surface area (Å²) in [5.74, 6) is 2.21. The third-order valence-electron chi connectivity index (χ3n) is 3.52. The van der Waals surface area contributed by atoms with Crippen LogP contribution in [-0.4, -0.2) is 19.3 Å². The van der Waals surface area contributed by atoms with E-state index >= 15 is 0 Å². The summed E-state index contributed by atoms with van der Waals surface area (Å²) < 4.78 is 11.6. The Balaban J connectivity index is 2.81. The van der Waals surface area contributed by atoms with Crippen molar-refractivity contribution in [2.75, 3.05) is 13.2 Å². The van der Waals surface area contributed by atoms with E-state index < -0.39 is 0 Å². The summed E-state index contributed by atoms with van der Waals surface area (Å²) in [6.07, 6.45) is 4.14. The van der Waals surface area contributed by atoms with E-state index in [1.165, 1.54) is 5.56 Å². The molecule has 21 heavy (non-hydrogen) atoms. The molecule has 3 nitrogen and oxygen atoms in total. The van der Waals surface area contributed by atoms with Crippen LogP contribution >= 0.6 is 0 Å². The van der Waals surface area contributed by atoms with Crippen molar-refractivity contribution in [3.63, 3.8) is 0 Å². The predicted molar refractivity (Wildman–Crippen MR) is 89.3 cm³/mol. The summed E-state index contributed by atoms with van der Waals surface area (Å²) in [6.45, 7) is 9.97. The van der Waals surface area contributed by atoms with Gasteiger partial charge in [0.15, 0.2) is 11.5 Å². The van der Waals surface area contributed by atoms with Gasteiger partial charge in [-0.2, -0.15) is 0 Å². The summed E-state index contributed by atoms with van der Waals surface area (Å²) in [7, 11) is 0. The van der Waals surface area contributed by atoms with E-state index in [1.54, 1.807) is 0 Å². The van der Waals surface area contributed by atoms with Crippen molar-refractivity contribution >= 4 is 0 Å². The van der Waals surface area contributed by atoms with E-state index in [1.807, 2.05) is 6.07 Å². The minimum atomic E-state index is 0.260. The predicted octanol–water partition coefficient (Wildman–Crippen LogP) is 4.50. The first-order valence-corrected chi connectivity index (χ1v) is 8.23. The molecule has 2 atom stereocenters. The second-order valence-corrected chi connectivity index (χ2v) is 5.86. The van der Waals surface area contributed by atoms with Crippen LogP contribution in [0, 0.1) is 0 Å². The lowest BCUT2D eigenvalue weighted by atomic mass is 9.94. The van der Waals surface area contributed by atoms with Crippen molar-refractivity contribution < 1.29 is 9.47 Å². The van der Waals surface area contributed by atoms with E-state index in [9.17, 15) is 0 Å². The van der Waals surface area contributed by atoms with E-state index in [0.717, 1.165) is 50.4 Å². The van der Waals surface area contributed by atoms with Crippen molar-refractivity contribution in [2.45, 2.75) is 65.3 Å². The molecule has 0 amide bonds. The second-order valence-electron chi connectivity index (χ2n) is 5.86. The molecular weight excluding hydrogens is 262 g/mol. The van der Waals surface area contributed by atoms with Gasteiger partial charge < -0.3 is 15.2 Å². The molecule has 0 bridgehead atoms. The first-order valence-electron chi connectivity index (χ1n) is 8.23. The third kappa shape index (κ3) is 6.38. The molecule has 0 aliphatic carbocycles. The highest BCUT2D eigenvalue weighted by molar-refractivity contribution is 5.44. The van der Waals surface area contributed by atoms with Gasteiger partial charge in [-0.05, 0) is 56.2 Å². The number of hydrogen-bond donors (Lipinski definition) is 1. The zero-order valence-electron chi connectivity index (χ0n) is 14.0. The molecule has 0 saturated carbocycles. The smallest absolute Gasteiger partial charge is 0.161 e. The molecule has 0 radical (unpaired) electrons. The Kier molecular flexibility index (Phi) is 8.21. The fourth-order valence-electron chi connectivity index (χ4n) is 2.17. The first kappa shape index (κ1) is 17.8. The van der Waals surface area contributed by atoms with Gasteiger partial charge >= 0.3 is 0 Å². The SMILES string of the molecule is CCCOc1ccc(C(C)CCC(C)N)cc1OCCC. The molecule has 1 aromatic rings. The molecule has 3 heteroatoms. The molecular formula is C18H31NO2. The topological polar surface area (TPSA) is 44.5 Å². The number of nitrogens with two attached hydrogens (primary N) is 1. The van der Waals surface area contributed by atoms with Gasteiger partial charge in [0.1, 0.15) is 0 Å². The average Bonchev–Trinajstić information content (AvgIpc) is 2.48. The summed E-state index contributed by atoms with van der Waals surface area (Å²) in [5, 5.41) is 0. The Morgan fingerprint density at radius 2 is 1.57 bits per heavy atom. The molecule has 0 aromatic heterocycles. The van der Waals surface area contributed by atoms with Crippen molar-refractivity contribution in [1.29, 1.82) is 0 Å². The van der Waals surface area contributed by atoms with Gasteiger partial charge in [-0.3, -0.25) is 0 Å². The van der Waals surface area contributed by atoms with Crippen LogP contribution in [0.5, 0.6) is 11.5 Å². The summed E-state index contributed by atoms with van der Waals surface area (Å²) in [4.78, 5) is 0. The zero-order chi connectivity index (χ0) is 15.7. The monoisotopic (exact) mass is 293 g/mol. The fourth-order valence-corrected chi connectivity index (χ4v) is 2.17. The molecule has 0 fully saturated rings. The van der Waals surface area contributed by atoms with Gasteiger partial charge in [0.05, 0.1) is 13.2 Å². The maximum Gasteiger partial charge on any atom is 0.161 e. The largest absolute Gasteiger partial charge is 0.490 e. The minimum absolute atomic E-state index is 0.260. The Labute approximate surface area is 129 Å². The van der Waals surface area contributed by atoms with Crippen LogP contribution in [0.25, 0.3) is 0 Å². The molecule has 0 saturated heterocycles. The Bertz CT molecular complexity index is 404. The highest BCUT2D eigenvalue weighted by Gasteiger charge is 2.12. The lowest BCUT2D eigenvalue weighted by Gasteiger charge is -2.17. The summed E-state index contributed by atoms with van der Waals surface area (Å²) in [6, 6.07) is 6.58. The molecule has 1 aromatic carbocycles. The number of hydrogen-bond acceptors (Lipinski definition) is 3. The van der Waals surface area contributed by atoms with Gasteiger partial charge in [0.2, 0.25) is 0 Å². The van der Waals surface area contributed by atoms with E-state index in [0.29, 0.717) is 5.92 Å². The molecule has 120 valence electrons. The van der Waals surface area contributed by atoms with Gasteiger partial charge in [-0.15, -0.1) is 0 Å². The number of rotatable bonds is 10. The van der Waals surface area contributed by atoms with Crippen LogP contribution in [0.1, 0.15) is 64.9 Å². The molecule has 0 heterocycles. The maximum absolute atomic E-state index is 5.85. The van der Waals surface area contributed by atoms with Crippen molar-refractivity contribution in [1.82, 2.24) is 0 Å². The highest BCUT2D eigenvalue weighted by Crippen LogP contribution is 2.33. The average molecular weight is 293 g/mol. The zero-order valence-corrected chi connectivity index (χ0v) is 14.0. The van der Waals surface area contributed by atoms with E-state index in [2.05, 4.69) is 39.8 Å². The van der Waals surface area contributed by atoms with Crippen LogP contribution in [-0.2, 0) is 0 Å². The van der Waals surface area contributed by atoms with Crippen molar-refractivity contribution in [3.05, 3.63) is 23.8 Å². The van der Waals surface area contributed by atoms with Crippen molar-refractivity contribution in [3.8, 4) is 11.5 Å². The van der Waals surface area contributed by atoms with Crippen LogP contribution in [0.4, 0.5) is 0 Å². The first-order chi connectivity index (χ1) is 10.1. The van der Waals surface area contributed by atoms with E-state index in [4.69, 9.17) is 15.2 Å². The summed E-state index contributed by atoms with van der Waals surface area (Å²) in [5.41, 5.74) is 7.15. The lowest BCUT2D eigenvalue weighted by molar-refractivity contribution is 0.268. The van der Waals surface area contributed by atoms with Gasteiger partial charge in [-0.1, -0.05) is 26.8 Å². The molecule has 0 aliphatic heterocycles. The quantitative estimate of drug-likeness (QED) is 0.691. The third-order valence-corrected chi connectivity index (χ3v) is 3.52. The Morgan fingerprint density at radius 3 is 2.14 bits per heavy atom. The summed E-state index contributed by atoms with van der Waals surface area (Å²) >= 11 is 0. The Hall–Kier alpha value is -1.22. The number of ether oxygens (including phenoxy) is 2. The van der Waals surface area contributed by atoms with Crippen LogP contribution in [0.2, 0.25) is 0 Å². The molecule has 1 rings (SSSR count). The molecule has 2 N–H and O–H groups in total. The van der Waals surface area contributed by atoms with Gasteiger partial charge in [-0.25, -0.2) is 0 Å². The van der Waals surface area contributed by atoms with E-state index in [-0.39, 0.29) is 6.04 Å². The fraction of sp³-hybridized carbons (Fsp3) is 0.667. The van der Waals surface area contributed by atoms with Crippen LogP contribution < -0.4 is 15.2 Å². The Morgan fingerprint density at radius 1 is 0.952 bits per heavy atom. The van der Waals surface area contributed by atoms with Gasteiger partial charge in [0.25, 0.3) is 0 Å². The highest BCUT2D eigenvalue weighted by atomic mass is 16.5. The lowest BCUT2D eigenvalue weighted by Crippen LogP contribution is -2.15. The number of benzene rings is 1. The standard InChI is InChI=1S/C18H31NO2/c1-5-11-20-17-10-9-16(13-18(17)21-12-6-2)14(3)7-8-15(4)19/h9-10,13-15H,5-8,11-12,19H2,1-4H3. The minimum Gasteiger partial charge on any atom is -0.490 e. The molecule has 0 aliphatic rings. The van der Waals surface area contributed by atoms with Gasteiger partial charge in [0, 0.05) is 6.04 Å². The normalized spacial score (nSPS) is 13.8. The molecule has 0 spiro atoms. The molecule has 2 unspecified atom stereocenters. The van der Waals surface area contributed by atoms with Crippen LogP contribution in [0.15, 0.2) is 18.2 Å². The van der Waals surface area contributed by atoms with Crippen molar-refractivity contribution in [2.24, 2.45) is 5.73 Å². The van der Waals surface area contributed by atoms with Crippen LogP contribution in [0.3, 0.4) is 0 Å².